The summed E-state index contributed by atoms with van der Waals surface area (Å²) in [6.45, 7) is 0. The van der Waals surface area contributed by atoms with Crippen LogP contribution in [0, 0.1) is 0 Å². The van der Waals surface area contributed by atoms with Gasteiger partial charge in [0.05, 0.1) is 5.54 Å². The van der Waals surface area contributed by atoms with Crippen molar-refractivity contribution in [3.63, 3.8) is 0 Å². The summed E-state index contributed by atoms with van der Waals surface area (Å²) in [4.78, 5) is 0. The van der Waals surface area contributed by atoms with Gasteiger partial charge in [0.1, 0.15) is 0 Å². The molecule has 0 heterocycles. The van der Waals surface area contributed by atoms with Gasteiger partial charge in [0, 0.05) is 16.3 Å². The maximum absolute atomic E-state index is 6.68. The highest BCUT2D eigenvalue weighted by atomic mass is 35.5. The van der Waals surface area contributed by atoms with Crippen molar-refractivity contribution in [1.82, 2.24) is 0 Å². The number of hydrogen-bond donors (Lipinski definition) is 2. The smallest absolute Gasteiger partial charge is 0.0511 e. The lowest BCUT2D eigenvalue weighted by Gasteiger charge is -2.34. The number of anilines is 1. The summed E-state index contributed by atoms with van der Waals surface area (Å²) in [6.07, 6.45) is 5.75. The third-order valence-corrected chi connectivity index (χ3v) is 4.09. The fourth-order valence-corrected chi connectivity index (χ4v) is 3.05. The normalized spacial score (nSPS) is 20.7. The van der Waals surface area contributed by atoms with Crippen LogP contribution in [0.3, 0.4) is 0 Å². The second kappa shape index (κ2) is 4.97. The number of hydrogen-bond acceptors (Lipinski definition) is 2. The molecular weight excluding hydrogens is 268 g/mol. The van der Waals surface area contributed by atoms with Crippen LogP contribution < -0.4 is 11.5 Å². The first kappa shape index (κ1) is 13.2. The van der Waals surface area contributed by atoms with Crippen LogP contribution in [0.5, 0.6) is 0 Å². The van der Waals surface area contributed by atoms with Gasteiger partial charge < -0.3 is 11.5 Å². The quantitative estimate of drug-likeness (QED) is 0.826. The summed E-state index contributed by atoms with van der Waals surface area (Å²) < 4.78 is 0. The Balaban J connectivity index is 2.01. The van der Waals surface area contributed by atoms with Crippen LogP contribution in [-0.2, 0) is 12.0 Å². The molecule has 0 fully saturated rings. The Labute approximate surface area is 124 Å². The molecule has 0 aromatic heterocycles. The minimum absolute atomic E-state index is 0.455. The Kier molecular flexibility index (Phi) is 3.28. The number of fused-ring (bicyclic) bond motifs is 1. The minimum Gasteiger partial charge on any atom is -0.398 e. The Morgan fingerprint density at radius 1 is 1.10 bits per heavy atom. The molecule has 0 saturated heterocycles. The topological polar surface area (TPSA) is 52.0 Å². The van der Waals surface area contributed by atoms with Gasteiger partial charge in [-0.2, -0.15) is 0 Å². The summed E-state index contributed by atoms with van der Waals surface area (Å²) >= 11 is 5.93. The molecule has 20 heavy (non-hydrogen) atoms. The molecule has 2 nitrogen and oxygen atoms in total. The van der Waals surface area contributed by atoms with E-state index in [1.807, 2.05) is 36.4 Å². The van der Waals surface area contributed by atoms with Gasteiger partial charge in [-0.1, -0.05) is 48.0 Å². The van der Waals surface area contributed by atoms with Crippen LogP contribution >= 0.6 is 11.6 Å². The monoisotopic (exact) mass is 284 g/mol. The van der Waals surface area contributed by atoms with Crippen molar-refractivity contribution >= 4 is 23.4 Å². The summed E-state index contributed by atoms with van der Waals surface area (Å²) in [6, 6.07) is 13.8. The van der Waals surface area contributed by atoms with Crippen molar-refractivity contribution in [3.8, 4) is 0 Å². The van der Waals surface area contributed by atoms with E-state index in [0.717, 1.165) is 34.7 Å². The van der Waals surface area contributed by atoms with Crippen LogP contribution in [0.1, 0.15) is 23.1 Å². The Morgan fingerprint density at radius 3 is 2.60 bits per heavy atom. The molecule has 0 saturated carbocycles. The Hall–Kier alpha value is -1.77. The molecular formula is C17H17ClN2. The van der Waals surface area contributed by atoms with E-state index in [2.05, 4.69) is 18.2 Å². The first-order valence-corrected chi connectivity index (χ1v) is 7.05. The number of nitrogen functional groups attached to an aromatic ring is 1. The molecule has 1 aliphatic rings. The third kappa shape index (κ3) is 2.33. The van der Waals surface area contributed by atoms with Gasteiger partial charge in [-0.05, 0) is 42.2 Å². The molecule has 0 spiro atoms. The largest absolute Gasteiger partial charge is 0.398 e. The van der Waals surface area contributed by atoms with Crippen molar-refractivity contribution < 1.29 is 0 Å². The molecule has 3 heteroatoms. The van der Waals surface area contributed by atoms with Gasteiger partial charge in [0.2, 0.25) is 0 Å². The first-order chi connectivity index (χ1) is 9.58. The fourth-order valence-electron chi connectivity index (χ4n) is 2.93. The van der Waals surface area contributed by atoms with E-state index in [4.69, 9.17) is 23.1 Å². The van der Waals surface area contributed by atoms with E-state index >= 15 is 0 Å². The number of benzene rings is 2. The van der Waals surface area contributed by atoms with E-state index in [-0.39, 0.29) is 0 Å². The molecule has 1 aliphatic carbocycles. The SMILES string of the molecule is Nc1cccc2c1C(N)(Cc1ccc(Cl)cc1)CC=C2. The van der Waals surface area contributed by atoms with E-state index in [1.54, 1.807) is 0 Å². The van der Waals surface area contributed by atoms with Crippen LogP contribution in [-0.4, -0.2) is 0 Å². The van der Waals surface area contributed by atoms with E-state index in [9.17, 15) is 0 Å². The van der Waals surface area contributed by atoms with Gasteiger partial charge in [-0.15, -0.1) is 0 Å². The zero-order valence-corrected chi connectivity index (χ0v) is 11.9. The molecule has 3 rings (SSSR count). The van der Waals surface area contributed by atoms with Crippen molar-refractivity contribution in [3.05, 3.63) is 70.3 Å². The molecule has 4 N–H and O–H groups in total. The zero-order chi connectivity index (χ0) is 14.2. The molecule has 1 unspecified atom stereocenters. The summed E-state index contributed by atoms with van der Waals surface area (Å²) in [5, 5.41) is 0.739. The average molecular weight is 285 g/mol. The molecule has 1 atom stereocenters. The van der Waals surface area contributed by atoms with E-state index in [0.29, 0.717) is 0 Å². The van der Waals surface area contributed by atoms with Crippen molar-refractivity contribution in [1.29, 1.82) is 0 Å². The van der Waals surface area contributed by atoms with Gasteiger partial charge in [-0.25, -0.2) is 0 Å². The predicted molar refractivity (Wildman–Crippen MR) is 85.5 cm³/mol. The highest BCUT2D eigenvalue weighted by Crippen LogP contribution is 2.37. The van der Waals surface area contributed by atoms with Crippen molar-refractivity contribution in [2.75, 3.05) is 5.73 Å². The lowest BCUT2D eigenvalue weighted by molar-refractivity contribution is 0.444. The highest BCUT2D eigenvalue weighted by Gasteiger charge is 2.32. The van der Waals surface area contributed by atoms with Gasteiger partial charge in [0.25, 0.3) is 0 Å². The lowest BCUT2D eigenvalue weighted by atomic mass is 9.76. The van der Waals surface area contributed by atoms with Crippen molar-refractivity contribution in [2.45, 2.75) is 18.4 Å². The molecule has 2 aromatic rings. The first-order valence-electron chi connectivity index (χ1n) is 6.67. The molecule has 0 bridgehead atoms. The van der Waals surface area contributed by atoms with Crippen LogP contribution in [0.2, 0.25) is 5.02 Å². The number of rotatable bonds is 2. The van der Waals surface area contributed by atoms with Crippen LogP contribution in [0.25, 0.3) is 6.08 Å². The maximum Gasteiger partial charge on any atom is 0.0511 e. The maximum atomic E-state index is 6.68. The average Bonchev–Trinajstić information content (AvgIpc) is 2.41. The second-order valence-corrected chi connectivity index (χ2v) is 5.81. The summed E-state index contributed by atoms with van der Waals surface area (Å²) in [7, 11) is 0. The second-order valence-electron chi connectivity index (χ2n) is 5.38. The zero-order valence-electron chi connectivity index (χ0n) is 11.1. The molecule has 0 amide bonds. The standard InChI is InChI=1S/C17H17ClN2/c18-14-8-6-12(7-9-14)11-17(20)10-2-4-13-3-1-5-15(19)16(13)17/h1-9H,10-11,19-20H2. The lowest BCUT2D eigenvalue weighted by Crippen LogP contribution is -2.41. The fraction of sp³-hybridized carbons (Fsp3) is 0.176. The van der Waals surface area contributed by atoms with Crippen LogP contribution in [0.4, 0.5) is 5.69 Å². The van der Waals surface area contributed by atoms with Gasteiger partial charge in [0.15, 0.2) is 0 Å². The molecule has 0 aliphatic heterocycles. The Morgan fingerprint density at radius 2 is 1.85 bits per heavy atom. The van der Waals surface area contributed by atoms with E-state index in [1.165, 1.54) is 5.56 Å². The molecule has 102 valence electrons. The molecule has 0 radical (unpaired) electrons. The summed E-state index contributed by atoms with van der Waals surface area (Å²) in [5.74, 6) is 0. The molecule has 2 aromatic carbocycles. The minimum atomic E-state index is -0.455. The van der Waals surface area contributed by atoms with Gasteiger partial charge in [-0.3, -0.25) is 0 Å². The predicted octanol–water partition coefficient (Wildman–Crippen LogP) is 3.74. The van der Waals surface area contributed by atoms with E-state index < -0.39 is 5.54 Å². The number of nitrogens with two attached hydrogens (primary N) is 2. The third-order valence-electron chi connectivity index (χ3n) is 3.84. The Bertz CT molecular complexity index is 661. The van der Waals surface area contributed by atoms with Crippen molar-refractivity contribution in [2.24, 2.45) is 5.73 Å². The van der Waals surface area contributed by atoms with Crippen LogP contribution in [0.15, 0.2) is 48.5 Å². The highest BCUT2D eigenvalue weighted by molar-refractivity contribution is 6.30. The number of halogens is 1. The summed E-state index contributed by atoms with van der Waals surface area (Å²) in [5.41, 5.74) is 16.5. The van der Waals surface area contributed by atoms with Gasteiger partial charge >= 0.3 is 0 Å².